The predicted molar refractivity (Wildman–Crippen MR) is 119 cm³/mol. The minimum atomic E-state index is -3.60. The van der Waals surface area contributed by atoms with Crippen molar-refractivity contribution in [2.75, 3.05) is 22.9 Å². The van der Waals surface area contributed by atoms with E-state index in [1.54, 1.807) is 42.5 Å². The van der Waals surface area contributed by atoms with E-state index in [0.717, 1.165) is 12.8 Å². The quantitative estimate of drug-likeness (QED) is 0.537. The molecule has 30 heavy (non-hydrogen) atoms. The van der Waals surface area contributed by atoms with Crippen LogP contribution in [0.2, 0.25) is 5.02 Å². The fraction of sp³-hybridized carbons (Fsp3) is 0.333. The summed E-state index contributed by atoms with van der Waals surface area (Å²) < 4.78 is 25.2. The average molecular weight is 450 g/mol. The lowest BCUT2D eigenvalue weighted by Gasteiger charge is -2.27. The molecule has 9 heteroatoms. The Labute approximate surface area is 181 Å². The Balaban J connectivity index is 1.69. The van der Waals surface area contributed by atoms with Gasteiger partial charge in [-0.2, -0.15) is 0 Å². The number of anilines is 2. The molecule has 0 saturated heterocycles. The highest BCUT2D eigenvalue weighted by Crippen LogP contribution is 2.29. The highest BCUT2D eigenvalue weighted by molar-refractivity contribution is 7.90. The van der Waals surface area contributed by atoms with E-state index in [0.29, 0.717) is 34.1 Å². The van der Waals surface area contributed by atoms with Crippen molar-refractivity contribution < 1.29 is 18.0 Å². The number of nitrogens with one attached hydrogen (secondary N) is 3. The molecule has 2 aromatic rings. The fourth-order valence-electron chi connectivity index (χ4n) is 3.15. The molecule has 160 valence electrons. The molecule has 0 bridgehead atoms. The SMILES string of the molecule is CCCCNC(=O)c1ccc2c(c1)NC(=O)C(CS(=O)(=O)Cc1ccccc1Cl)N2. The largest absolute Gasteiger partial charge is 0.371 e. The van der Waals surface area contributed by atoms with E-state index < -0.39 is 21.8 Å². The van der Waals surface area contributed by atoms with Crippen LogP contribution in [0.5, 0.6) is 0 Å². The second-order valence-electron chi connectivity index (χ2n) is 7.20. The maximum Gasteiger partial charge on any atom is 0.251 e. The molecule has 7 nitrogen and oxygen atoms in total. The van der Waals surface area contributed by atoms with Gasteiger partial charge < -0.3 is 16.0 Å². The Kier molecular flexibility index (Phi) is 6.99. The molecular weight excluding hydrogens is 426 g/mol. The van der Waals surface area contributed by atoms with Crippen LogP contribution >= 0.6 is 11.6 Å². The van der Waals surface area contributed by atoms with Gasteiger partial charge in [0, 0.05) is 17.1 Å². The summed E-state index contributed by atoms with van der Waals surface area (Å²) in [5.41, 5.74) is 1.94. The summed E-state index contributed by atoms with van der Waals surface area (Å²) in [5, 5.41) is 8.86. The van der Waals surface area contributed by atoms with Gasteiger partial charge in [0.05, 0.1) is 22.9 Å². The summed E-state index contributed by atoms with van der Waals surface area (Å²) in [6.45, 7) is 2.62. The van der Waals surface area contributed by atoms with Gasteiger partial charge in [-0.05, 0) is 36.2 Å². The topological polar surface area (TPSA) is 104 Å². The summed E-state index contributed by atoms with van der Waals surface area (Å²) in [5.74, 6) is -1.30. The van der Waals surface area contributed by atoms with Gasteiger partial charge in [0.15, 0.2) is 9.84 Å². The molecular formula is C21H24ClN3O4S. The van der Waals surface area contributed by atoms with Crippen molar-refractivity contribution in [3.8, 4) is 0 Å². The minimum Gasteiger partial charge on any atom is -0.371 e. The van der Waals surface area contributed by atoms with E-state index in [2.05, 4.69) is 16.0 Å². The van der Waals surface area contributed by atoms with Crippen molar-refractivity contribution in [1.29, 1.82) is 0 Å². The number of unbranched alkanes of at least 4 members (excludes halogenated alkanes) is 1. The van der Waals surface area contributed by atoms with Crippen molar-refractivity contribution in [1.82, 2.24) is 5.32 Å². The highest BCUT2D eigenvalue weighted by atomic mass is 35.5. The van der Waals surface area contributed by atoms with Gasteiger partial charge in [-0.3, -0.25) is 9.59 Å². The van der Waals surface area contributed by atoms with Gasteiger partial charge >= 0.3 is 0 Å². The lowest BCUT2D eigenvalue weighted by atomic mass is 10.1. The zero-order valence-corrected chi connectivity index (χ0v) is 18.1. The predicted octanol–water partition coefficient (Wildman–Crippen LogP) is 3.22. The fourth-order valence-corrected chi connectivity index (χ4v) is 5.02. The number of carbonyl (C=O) groups is 2. The Hall–Kier alpha value is -2.58. The first kappa shape index (κ1) is 22.1. The first-order valence-electron chi connectivity index (χ1n) is 9.72. The molecule has 2 amide bonds. The van der Waals surface area contributed by atoms with Gasteiger partial charge in [0.1, 0.15) is 6.04 Å². The Bertz CT molecular complexity index is 1060. The number of hydrogen-bond donors (Lipinski definition) is 3. The molecule has 0 fully saturated rings. The van der Waals surface area contributed by atoms with Crippen LogP contribution in [-0.2, 0) is 20.4 Å². The molecule has 1 aliphatic heterocycles. The van der Waals surface area contributed by atoms with Crippen molar-refractivity contribution in [3.05, 3.63) is 58.6 Å². The second kappa shape index (κ2) is 9.49. The molecule has 1 unspecified atom stereocenters. The van der Waals surface area contributed by atoms with E-state index in [4.69, 9.17) is 11.6 Å². The van der Waals surface area contributed by atoms with Crippen LogP contribution < -0.4 is 16.0 Å². The summed E-state index contributed by atoms with van der Waals surface area (Å²) in [6, 6.07) is 10.7. The van der Waals surface area contributed by atoms with Crippen molar-refractivity contribution in [2.45, 2.75) is 31.6 Å². The van der Waals surface area contributed by atoms with Crippen LogP contribution in [0.15, 0.2) is 42.5 Å². The van der Waals surface area contributed by atoms with E-state index in [1.165, 1.54) is 0 Å². The number of benzene rings is 2. The summed E-state index contributed by atoms with van der Waals surface area (Å²) in [6.07, 6.45) is 1.87. The summed E-state index contributed by atoms with van der Waals surface area (Å²) >= 11 is 6.06. The standard InChI is InChI=1S/C21H24ClN3O4S/c1-2-3-10-23-20(26)14-8-9-17-18(11-14)25-21(27)19(24-17)13-30(28,29)12-15-6-4-5-7-16(15)22/h4-9,11,19,24H,2-3,10,12-13H2,1H3,(H,23,26)(H,25,27). The van der Waals surface area contributed by atoms with Crippen molar-refractivity contribution >= 4 is 44.6 Å². The Morgan fingerprint density at radius 1 is 1.17 bits per heavy atom. The monoisotopic (exact) mass is 449 g/mol. The van der Waals surface area contributed by atoms with Crippen LogP contribution in [0.3, 0.4) is 0 Å². The Morgan fingerprint density at radius 3 is 2.67 bits per heavy atom. The molecule has 0 aromatic heterocycles. The van der Waals surface area contributed by atoms with Crippen LogP contribution in [0, 0.1) is 0 Å². The third-order valence-corrected chi connectivity index (χ3v) is 6.72. The zero-order valence-electron chi connectivity index (χ0n) is 16.6. The van der Waals surface area contributed by atoms with Gasteiger partial charge in [0.25, 0.3) is 5.91 Å². The third kappa shape index (κ3) is 5.52. The van der Waals surface area contributed by atoms with Gasteiger partial charge in [-0.25, -0.2) is 8.42 Å². The first-order chi connectivity index (χ1) is 14.3. The third-order valence-electron chi connectivity index (χ3n) is 4.76. The number of fused-ring (bicyclic) bond motifs is 1. The molecule has 0 spiro atoms. The van der Waals surface area contributed by atoms with Crippen molar-refractivity contribution in [2.24, 2.45) is 0 Å². The average Bonchev–Trinajstić information content (AvgIpc) is 2.69. The van der Waals surface area contributed by atoms with E-state index in [1.807, 2.05) is 6.92 Å². The maximum atomic E-state index is 12.6. The maximum absolute atomic E-state index is 12.6. The molecule has 3 N–H and O–H groups in total. The second-order valence-corrected chi connectivity index (χ2v) is 9.72. The summed E-state index contributed by atoms with van der Waals surface area (Å²) in [7, 11) is -3.60. The first-order valence-corrected chi connectivity index (χ1v) is 11.9. The van der Waals surface area contributed by atoms with E-state index in [-0.39, 0.29) is 17.4 Å². The van der Waals surface area contributed by atoms with Crippen molar-refractivity contribution in [3.63, 3.8) is 0 Å². The molecule has 1 heterocycles. The molecule has 2 aromatic carbocycles. The van der Waals surface area contributed by atoms with Gasteiger partial charge in [-0.15, -0.1) is 0 Å². The number of rotatable bonds is 8. The van der Waals surface area contributed by atoms with Crippen LogP contribution in [0.1, 0.15) is 35.7 Å². The number of sulfone groups is 1. The van der Waals surface area contributed by atoms with E-state index >= 15 is 0 Å². The van der Waals surface area contributed by atoms with Gasteiger partial charge in [-0.1, -0.05) is 43.1 Å². The lowest BCUT2D eigenvalue weighted by molar-refractivity contribution is -0.116. The number of amides is 2. The molecule has 0 radical (unpaired) electrons. The summed E-state index contributed by atoms with van der Waals surface area (Å²) in [4.78, 5) is 24.7. The normalized spacial score (nSPS) is 15.7. The smallest absolute Gasteiger partial charge is 0.251 e. The van der Waals surface area contributed by atoms with Crippen LogP contribution in [0.25, 0.3) is 0 Å². The zero-order chi connectivity index (χ0) is 21.7. The number of halogens is 1. The molecule has 1 atom stereocenters. The molecule has 0 saturated carbocycles. The Morgan fingerprint density at radius 2 is 1.93 bits per heavy atom. The number of carbonyl (C=O) groups excluding carboxylic acids is 2. The number of hydrogen-bond acceptors (Lipinski definition) is 5. The lowest BCUT2D eigenvalue weighted by Crippen LogP contribution is -2.43. The molecule has 3 rings (SSSR count). The molecule has 1 aliphatic rings. The van der Waals surface area contributed by atoms with Crippen LogP contribution in [-0.4, -0.2) is 38.6 Å². The minimum absolute atomic E-state index is 0.218. The van der Waals surface area contributed by atoms with Crippen LogP contribution in [0.4, 0.5) is 11.4 Å². The van der Waals surface area contributed by atoms with Gasteiger partial charge in [0.2, 0.25) is 5.91 Å². The van der Waals surface area contributed by atoms with E-state index in [9.17, 15) is 18.0 Å². The highest BCUT2D eigenvalue weighted by Gasteiger charge is 2.31. The molecule has 0 aliphatic carbocycles.